The molecule has 2 aromatic heterocycles. The van der Waals surface area contributed by atoms with Gasteiger partial charge in [-0.25, -0.2) is 19.7 Å². The van der Waals surface area contributed by atoms with E-state index < -0.39 is 11.7 Å². The summed E-state index contributed by atoms with van der Waals surface area (Å²) in [5.41, 5.74) is 2.54. The number of hydrogen-bond acceptors (Lipinski definition) is 7. The Labute approximate surface area is 198 Å². The molecule has 176 valence electrons. The molecule has 9 heteroatoms. The van der Waals surface area contributed by atoms with Gasteiger partial charge in [-0.3, -0.25) is 5.32 Å². The highest BCUT2D eigenvalue weighted by molar-refractivity contribution is 6.03. The number of rotatable bonds is 6. The van der Waals surface area contributed by atoms with Crippen LogP contribution in [0.25, 0.3) is 22.0 Å². The van der Waals surface area contributed by atoms with Crippen molar-refractivity contribution in [2.24, 2.45) is 7.05 Å². The largest absolute Gasteiger partial charge is 0.497 e. The van der Waals surface area contributed by atoms with Gasteiger partial charge in [-0.2, -0.15) is 0 Å². The number of carbonyl (C=O) groups is 1. The minimum Gasteiger partial charge on any atom is -0.497 e. The first-order chi connectivity index (χ1) is 16.2. The van der Waals surface area contributed by atoms with Crippen LogP contribution < -0.4 is 15.4 Å². The van der Waals surface area contributed by atoms with E-state index in [4.69, 9.17) is 9.47 Å². The summed E-state index contributed by atoms with van der Waals surface area (Å²) in [6, 6.07) is 11.4. The predicted octanol–water partition coefficient (Wildman–Crippen LogP) is 5.00. The van der Waals surface area contributed by atoms with Crippen LogP contribution in [0.3, 0.4) is 0 Å². The molecule has 9 nitrogen and oxygen atoms in total. The van der Waals surface area contributed by atoms with Gasteiger partial charge in [-0.15, -0.1) is 0 Å². The van der Waals surface area contributed by atoms with E-state index in [1.54, 1.807) is 25.8 Å². The molecule has 0 fully saturated rings. The zero-order valence-corrected chi connectivity index (χ0v) is 19.9. The second-order valence-electron chi connectivity index (χ2n) is 8.85. The first-order valence-electron chi connectivity index (χ1n) is 10.9. The van der Waals surface area contributed by atoms with Gasteiger partial charge in [-0.05, 0) is 56.5 Å². The van der Waals surface area contributed by atoms with Crippen molar-refractivity contribution in [3.63, 3.8) is 0 Å². The molecule has 0 unspecified atom stereocenters. The van der Waals surface area contributed by atoms with Crippen LogP contribution in [0.15, 0.2) is 55.1 Å². The molecule has 2 heterocycles. The highest BCUT2D eigenvalue weighted by Gasteiger charge is 2.18. The lowest BCUT2D eigenvalue weighted by Crippen LogP contribution is -2.27. The zero-order valence-electron chi connectivity index (χ0n) is 19.9. The van der Waals surface area contributed by atoms with Crippen molar-refractivity contribution in [1.82, 2.24) is 19.5 Å². The van der Waals surface area contributed by atoms with Gasteiger partial charge in [-0.1, -0.05) is 6.07 Å². The second kappa shape index (κ2) is 9.38. The third-order valence-electron chi connectivity index (χ3n) is 5.09. The number of aromatic nitrogens is 4. The average Bonchev–Trinajstić information content (AvgIpc) is 3.21. The van der Waals surface area contributed by atoms with Crippen LogP contribution in [0.1, 0.15) is 26.5 Å². The summed E-state index contributed by atoms with van der Waals surface area (Å²) >= 11 is 0. The Bertz CT molecular complexity index is 1330. The number of imidazole rings is 1. The Morgan fingerprint density at radius 2 is 1.97 bits per heavy atom. The van der Waals surface area contributed by atoms with E-state index in [1.165, 1.54) is 0 Å². The Morgan fingerprint density at radius 3 is 2.68 bits per heavy atom. The van der Waals surface area contributed by atoms with Crippen molar-refractivity contribution < 1.29 is 14.3 Å². The van der Waals surface area contributed by atoms with Crippen LogP contribution in [0.4, 0.5) is 16.4 Å². The first kappa shape index (κ1) is 23.0. The fourth-order valence-electron chi connectivity index (χ4n) is 3.46. The molecule has 0 aliphatic heterocycles. The molecule has 4 aromatic rings. The fourth-order valence-corrected chi connectivity index (χ4v) is 3.46. The highest BCUT2D eigenvalue weighted by atomic mass is 16.6. The van der Waals surface area contributed by atoms with E-state index in [0.29, 0.717) is 29.6 Å². The molecule has 0 bridgehead atoms. The fraction of sp³-hybridized carbons (Fsp3) is 0.280. The summed E-state index contributed by atoms with van der Waals surface area (Å²) in [5, 5.41) is 7.87. The monoisotopic (exact) mass is 460 g/mol. The molecule has 0 radical (unpaired) electrons. The summed E-state index contributed by atoms with van der Waals surface area (Å²) in [4.78, 5) is 25.7. The van der Waals surface area contributed by atoms with E-state index >= 15 is 0 Å². The number of benzene rings is 2. The summed E-state index contributed by atoms with van der Waals surface area (Å²) in [5.74, 6) is 1.19. The molecule has 2 N–H and O–H groups in total. The van der Waals surface area contributed by atoms with Gasteiger partial charge in [0.05, 0.1) is 37.1 Å². The van der Waals surface area contributed by atoms with Crippen molar-refractivity contribution in [2.75, 3.05) is 17.7 Å². The third-order valence-corrected chi connectivity index (χ3v) is 5.09. The maximum absolute atomic E-state index is 12.5. The first-order valence-corrected chi connectivity index (χ1v) is 10.9. The number of fused-ring (bicyclic) bond motifs is 1. The van der Waals surface area contributed by atoms with Crippen LogP contribution in [-0.4, -0.2) is 38.3 Å². The normalized spacial score (nSPS) is 11.3. The topological polar surface area (TPSA) is 103 Å². The number of nitrogens with zero attached hydrogens (tertiary/aromatic N) is 4. The zero-order chi connectivity index (χ0) is 24.3. The maximum atomic E-state index is 12.5. The van der Waals surface area contributed by atoms with Crippen LogP contribution in [-0.2, 0) is 18.3 Å². The molecule has 0 aliphatic carbocycles. The molecule has 0 saturated heterocycles. The van der Waals surface area contributed by atoms with E-state index in [2.05, 4.69) is 25.6 Å². The standard InChI is InChI=1S/C25H28N6O3/c1-25(2,3)34-24(32)30-22-11-17(10-16-6-7-19(33-5)12-20(16)22)21-8-9-27-23(29-21)28-14-18-13-26-15-31(18)4/h6-13,15H,14H2,1-5H3,(H,30,32)(H,27,28,29). The number of amides is 1. The van der Waals surface area contributed by atoms with Crippen molar-refractivity contribution in [1.29, 1.82) is 0 Å². The van der Waals surface area contributed by atoms with Crippen LogP contribution in [0, 0.1) is 0 Å². The Hall–Kier alpha value is -4.14. The minimum absolute atomic E-state index is 0.496. The van der Waals surface area contributed by atoms with E-state index in [9.17, 15) is 4.79 Å². The van der Waals surface area contributed by atoms with E-state index in [0.717, 1.165) is 22.0 Å². The summed E-state index contributed by atoms with van der Waals surface area (Å²) in [6.45, 7) is 6.02. The third kappa shape index (κ3) is 5.43. The molecular weight excluding hydrogens is 432 g/mol. The number of carbonyl (C=O) groups excluding carboxylic acids is 1. The Morgan fingerprint density at radius 1 is 1.15 bits per heavy atom. The molecule has 0 spiro atoms. The van der Waals surface area contributed by atoms with Crippen LogP contribution in [0.2, 0.25) is 0 Å². The van der Waals surface area contributed by atoms with Gasteiger partial charge in [0.1, 0.15) is 11.4 Å². The molecule has 4 rings (SSSR count). The van der Waals surface area contributed by atoms with Gasteiger partial charge in [0.25, 0.3) is 0 Å². The Kier molecular flexibility index (Phi) is 6.36. The number of hydrogen-bond donors (Lipinski definition) is 2. The molecule has 0 atom stereocenters. The lowest BCUT2D eigenvalue weighted by atomic mass is 10.0. The smallest absolute Gasteiger partial charge is 0.412 e. The quantitative estimate of drug-likeness (QED) is 0.417. The van der Waals surface area contributed by atoms with Gasteiger partial charge in [0, 0.05) is 30.4 Å². The van der Waals surface area contributed by atoms with E-state index in [-0.39, 0.29) is 0 Å². The highest BCUT2D eigenvalue weighted by Crippen LogP contribution is 2.33. The number of nitrogens with one attached hydrogen (secondary N) is 2. The molecule has 0 aliphatic rings. The SMILES string of the molecule is COc1ccc2cc(-c3ccnc(NCc4cncn4C)n3)cc(NC(=O)OC(C)(C)C)c2c1. The van der Waals surface area contributed by atoms with Gasteiger partial charge < -0.3 is 19.4 Å². The summed E-state index contributed by atoms with van der Waals surface area (Å²) in [7, 11) is 3.54. The number of anilines is 2. The van der Waals surface area contributed by atoms with E-state index in [1.807, 2.05) is 68.8 Å². The molecule has 2 aromatic carbocycles. The Balaban J connectivity index is 1.68. The van der Waals surface area contributed by atoms with Crippen molar-refractivity contribution in [3.8, 4) is 17.0 Å². The summed E-state index contributed by atoms with van der Waals surface area (Å²) in [6.07, 6.45) is 4.71. The van der Waals surface area contributed by atoms with Crippen LogP contribution in [0.5, 0.6) is 5.75 Å². The molecule has 0 saturated carbocycles. The van der Waals surface area contributed by atoms with Gasteiger partial charge >= 0.3 is 6.09 Å². The summed E-state index contributed by atoms with van der Waals surface area (Å²) < 4.78 is 12.8. The average molecular weight is 461 g/mol. The number of ether oxygens (including phenoxy) is 2. The predicted molar refractivity (Wildman–Crippen MR) is 132 cm³/mol. The second-order valence-corrected chi connectivity index (χ2v) is 8.85. The lowest BCUT2D eigenvalue weighted by Gasteiger charge is -2.20. The van der Waals surface area contributed by atoms with Crippen LogP contribution >= 0.6 is 0 Å². The number of aryl methyl sites for hydroxylation is 1. The van der Waals surface area contributed by atoms with Crippen molar-refractivity contribution >= 4 is 28.5 Å². The van der Waals surface area contributed by atoms with Gasteiger partial charge in [0.2, 0.25) is 5.95 Å². The molecule has 1 amide bonds. The number of methoxy groups -OCH3 is 1. The minimum atomic E-state index is -0.615. The van der Waals surface area contributed by atoms with Gasteiger partial charge in [0.15, 0.2) is 0 Å². The van der Waals surface area contributed by atoms with Crippen molar-refractivity contribution in [3.05, 3.63) is 60.8 Å². The maximum Gasteiger partial charge on any atom is 0.412 e. The molecular formula is C25H28N6O3. The lowest BCUT2D eigenvalue weighted by molar-refractivity contribution is 0.0636. The molecule has 34 heavy (non-hydrogen) atoms. The van der Waals surface area contributed by atoms with Crippen molar-refractivity contribution in [2.45, 2.75) is 32.9 Å².